The normalized spacial score (nSPS) is 16.6. The van der Waals surface area contributed by atoms with Gasteiger partial charge in [0.25, 0.3) is 0 Å². The molecule has 0 saturated heterocycles. The summed E-state index contributed by atoms with van der Waals surface area (Å²) < 4.78 is 9.72. The smallest absolute Gasteiger partial charge is 0.171 e. The van der Waals surface area contributed by atoms with Crippen LogP contribution in [-0.2, 0) is 0 Å². The van der Waals surface area contributed by atoms with E-state index in [9.17, 15) is 0 Å². The van der Waals surface area contributed by atoms with Crippen molar-refractivity contribution in [3.05, 3.63) is 32.6 Å². The molecule has 1 aliphatic rings. The molecule has 100 valence electrons. The molecule has 0 spiro atoms. The topological polar surface area (TPSA) is 18.5 Å². The molecule has 2 heterocycles. The third-order valence-electron chi connectivity index (χ3n) is 2.97. The molecule has 2 nitrogen and oxygen atoms in total. The number of allylic oxidation sites excluding steroid dienone is 2. The average Bonchev–Trinajstić information content (AvgIpc) is 2.87. The van der Waals surface area contributed by atoms with Crippen LogP contribution >= 0.6 is 45.9 Å². The summed E-state index contributed by atoms with van der Waals surface area (Å²) in [7, 11) is 3.29. The molecule has 0 aromatic carbocycles. The number of hydrogen-bond donors (Lipinski definition) is 0. The first kappa shape index (κ1) is 13.3. The van der Waals surface area contributed by atoms with Gasteiger partial charge in [-0.2, -0.15) is 0 Å². The predicted octanol–water partition coefficient (Wildman–Crippen LogP) is 4.93. The third-order valence-corrected chi connectivity index (χ3v) is 5.55. The van der Waals surface area contributed by atoms with Crippen molar-refractivity contribution in [3.63, 3.8) is 0 Å². The van der Waals surface area contributed by atoms with E-state index in [0.29, 0.717) is 0 Å². The fourth-order valence-corrected chi connectivity index (χ4v) is 4.85. The summed E-state index contributed by atoms with van der Waals surface area (Å²) in [6.45, 7) is 0. The number of rotatable bonds is 4. The summed E-state index contributed by atoms with van der Waals surface area (Å²) in [5, 5.41) is 3.93. The van der Waals surface area contributed by atoms with Crippen LogP contribution in [0.2, 0.25) is 0 Å². The summed E-state index contributed by atoms with van der Waals surface area (Å²) in [4.78, 5) is 1.97. The molecule has 2 aromatic heterocycles. The maximum Gasteiger partial charge on any atom is 0.171 e. The molecule has 0 N–H and O–H groups in total. The Morgan fingerprint density at radius 2 is 1.32 bits per heavy atom. The third kappa shape index (κ3) is 1.98. The van der Waals surface area contributed by atoms with Gasteiger partial charge in [-0.25, -0.2) is 0 Å². The number of methoxy groups -OCH3 is 2. The van der Waals surface area contributed by atoms with Gasteiger partial charge in [-0.1, -0.05) is 23.2 Å². The number of halogens is 2. The van der Waals surface area contributed by atoms with Crippen molar-refractivity contribution in [1.29, 1.82) is 0 Å². The van der Waals surface area contributed by atoms with Crippen molar-refractivity contribution in [2.45, 2.75) is 4.33 Å². The molecular formula is C13H10Cl2O2S2. The number of hydrogen-bond acceptors (Lipinski definition) is 4. The summed E-state index contributed by atoms with van der Waals surface area (Å²) in [5.74, 6) is 1.60. The maximum atomic E-state index is 6.41. The molecule has 0 saturated carbocycles. The predicted molar refractivity (Wildman–Crippen MR) is 83.0 cm³/mol. The van der Waals surface area contributed by atoms with Crippen LogP contribution in [0.15, 0.2) is 22.9 Å². The molecular weight excluding hydrogens is 323 g/mol. The lowest BCUT2D eigenvalue weighted by Crippen LogP contribution is -1.93. The van der Waals surface area contributed by atoms with Crippen LogP contribution < -0.4 is 9.47 Å². The fraction of sp³-hybridized carbons (Fsp3) is 0.231. The van der Waals surface area contributed by atoms with Crippen molar-refractivity contribution in [2.75, 3.05) is 14.2 Å². The highest BCUT2D eigenvalue weighted by atomic mass is 35.5. The molecule has 0 aliphatic heterocycles. The van der Waals surface area contributed by atoms with E-state index < -0.39 is 4.33 Å². The van der Waals surface area contributed by atoms with Gasteiger partial charge in [0, 0.05) is 11.1 Å². The lowest BCUT2D eigenvalue weighted by molar-refractivity contribution is 0.415. The molecule has 1 aliphatic carbocycles. The van der Waals surface area contributed by atoms with Gasteiger partial charge in [-0.05, 0) is 22.9 Å². The molecule has 0 fully saturated rings. The van der Waals surface area contributed by atoms with E-state index in [1.807, 2.05) is 22.9 Å². The molecule has 0 amide bonds. The van der Waals surface area contributed by atoms with Crippen molar-refractivity contribution in [2.24, 2.45) is 0 Å². The van der Waals surface area contributed by atoms with Gasteiger partial charge in [0.2, 0.25) is 0 Å². The van der Waals surface area contributed by atoms with E-state index in [2.05, 4.69) is 0 Å². The highest BCUT2D eigenvalue weighted by Crippen LogP contribution is 2.67. The minimum Gasteiger partial charge on any atom is -0.495 e. The lowest BCUT2D eigenvalue weighted by atomic mass is 10.3. The zero-order chi connectivity index (χ0) is 13.6. The standard InChI is InChI=1S/C13H10Cl2O2S2/c1-16-7-3-5-18-11(7)9-10(13(9,14)15)12-8(17-2)4-6-19-12/h3-6H,1-2H3. The van der Waals surface area contributed by atoms with Crippen LogP contribution in [0.25, 0.3) is 11.1 Å². The zero-order valence-electron chi connectivity index (χ0n) is 10.2. The Kier molecular flexibility index (Phi) is 3.29. The Bertz CT molecular complexity index is 601. The quantitative estimate of drug-likeness (QED) is 0.739. The Balaban J connectivity index is 2.10. The highest BCUT2D eigenvalue weighted by Gasteiger charge is 2.55. The van der Waals surface area contributed by atoms with E-state index in [1.165, 1.54) is 0 Å². The van der Waals surface area contributed by atoms with Crippen LogP contribution in [0.3, 0.4) is 0 Å². The van der Waals surface area contributed by atoms with E-state index in [-0.39, 0.29) is 0 Å². The van der Waals surface area contributed by atoms with E-state index >= 15 is 0 Å². The van der Waals surface area contributed by atoms with Crippen molar-refractivity contribution >= 4 is 57.0 Å². The Morgan fingerprint density at radius 3 is 1.68 bits per heavy atom. The first-order valence-corrected chi connectivity index (χ1v) is 7.99. The van der Waals surface area contributed by atoms with Gasteiger partial charge >= 0.3 is 0 Å². The average molecular weight is 333 g/mol. The van der Waals surface area contributed by atoms with Crippen LogP contribution in [-0.4, -0.2) is 18.6 Å². The van der Waals surface area contributed by atoms with Crippen molar-refractivity contribution in [1.82, 2.24) is 0 Å². The van der Waals surface area contributed by atoms with Crippen LogP contribution in [0.4, 0.5) is 0 Å². The van der Waals surface area contributed by atoms with Gasteiger partial charge in [-0.15, -0.1) is 22.7 Å². The minimum absolute atomic E-state index is 0.802. The van der Waals surface area contributed by atoms with Gasteiger partial charge < -0.3 is 9.47 Å². The van der Waals surface area contributed by atoms with Crippen LogP contribution in [0.5, 0.6) is 11.5 Å². The van der Waals surface area contributed by atoms with Crippen molar-refractivity contribution < 1.29 is 9.47 Å². The summed E-state index contributed by atoms with van der Waals surface area (Å²) in [5.41, 5.74) is 1.84. The lowest BCUT2D eigenvalue weighted by Gasteiger charge is -2.02. The summed E-state index contributed by atoms with van der Waals surface area (Å²) >= 11 is 16.0. The Hall–Kier alpha value is -0.680. The first-order chi connectivity index (χ1) is 9.11. The van der Waals surface area contributed by atoms with Crippen LogP contribution in [0.1, 0.15) is 9.75 Å². The van der Waals surface area contributed by atoms with Gasteiger partial charge in [0.15, 0.2) is 4.33 Å². The monoisotopic (exact) mass is 332 g/mol. The first-order valence-electron chi connectivity index (χ1n) is 5.48. The fourth-order valence-electron chi connectivity index (χ4n) is 2.03. The molecule has 6 heteroatoms. The molecule has 0 bridgehead atoms. The highest BCUT2D eigenvalue weighted by molar-refractivity contribution is 7.14. The Labute approximate surface area is 129 Å². The van der Waals surface area contributed by atoms with Gasteiger partial charge in [0.1, 0.15) is 11.5 Å². The molecule has 19 heavy (non-hydrogen) atoms. The van der Waals surface area contributed by atoms with Crippen LogP contribution in [0, 0.1) is 0 Å². The van der Waals surface area contributed by atoms with E-state index in [0.717, 1.165) is 32.4 Å². The number of ether oxygens (including phenoxy) is 2. The molecule has 3 rings (SSSR count). The van der Waals surface area contributed by atoms with Gasteiger partial charge in [-0.3, -0.25) is 0 Å². The number of alkyl halides is 2. The maximum absolute atomic E-state index is 6.41. The molecule has 0 radical (unpaired) electrons. The number of thiophene rings is 2. The summed E-state index contributed by atoms with van der Waals surface area (Å²) in [6.07, 6.45) is 0. The second kappa shape index (κ2) is 4.70. The SMILES string of the molecule is COc1ccsc1C1=C(c2sccc2OC)C1(Cl)Cl. The molecule has 0 atom stereocenters. The Morgan fingerprint density at radius 1 is 0.895 bits per heavy atom. The van der Waals surface area contributed by atoms with Gasteiger partial charge in [0.05, 0.1) is 24.0 Å². The largest absolute Gasteiger partial charge is 0.495 e. The molecule has 0 unspecified atom stereocenters. The minimum atomic E-state index is -0.948. The van der Waals surface area contributed by atoms with Crippen molar-refractivity contribution in [3.8, 4) is 11.5 Å². The second-order valence-corrected chi connectivity index (χ2v) is 7.12. The van der Waals surface area contributed by atoms with E-state index in [1.54, 1.807) is 36.9 Å². The summed E-state index contributed by atoms with van der Waals surface area (Å²) in [6, 6.07) is 3.83. The second-order valence-electron chi connectivity index (χ2n) is 3.96. The zero-order valence-corrected chi connectivity index (χ0v) is 13.3. The molecule has 2 aromatic rings. The van der Waals surface area contributed by atoms with E-state index in [4.69, 9.17) is 32.7 Å².